The van der Waals surface area contributed by atoms with Gasteiger partial charge in [-0.05, 0) is 49.6 Å². The van der Waals surface area contributed by atoms with E-state index in [0.29, 0.717) is 18.7 Å². The summed E-state index contributed by atoms with van der Waals surface area (Å²) in [5, 5.41) is 4.00. The van der Waals surface area contributed by atoms with Crippen molar-refractivity contribution >= 4 is 50.7 Å². The number of carbonyl (C=O) groups is 2. The largest absolute Gasteiger partial charge is 0.344 e. The highest BCUT2D eigenvalue weighted by Gasteiger charge is 2.39. The maximum absolute atomic E-state index is 13.8. The van der Waals surface area contributed by atoms with Crippen molar-refractivity contribution in [2.75, 3.05) is 11.4 Å². The Labute approximate surface area is 194 Å². The third-order valence-corrected chi connectivity index (χ3v) is 7.94. The molecule has 0 bridgehead atoms. The Morgan fingerprint density at radius 1 is 1.16 bits per heavy atom. The van der Waals surface area contributed by atoms with E-state index in [4.69, 9.17) is 16.6 Å². The van der Waals surface area contributed by atoms with Gasteiger partial charge in [-0.2, -0.15) is 0 Å². The number of halogens is 2. The van der Waals surface area contributed by atoms with Crippen molar-refractivity contribution in [3.05, 3.63) is 58.3 Å². The SMILES string of the molecule is O=C(NC1CCN(c2ccc(Cl)c(F)c2)C1=O)C1CCCCC1c1nc2ccccc2s1. The van der Waals surface area contributed by atoms with Crippen LogP contribution in [0.4, 0.5) is 10.1 Å². The third kappa shape index (κ3) is 3.99. The number of hydrogen-bond donors (Lipinski definition) is 1. The van der Waals surface area contributed by atoms with Crippen LogP contribution in [0, 0.1) is 11.7 Å². The molecule has 2 aromatic carbocycles. The van der Waals surface area contributed by atoms with Gasteiger partial charge in [-0.15, -0.1) is 11.3 Å². The fourth-order valence-electron chi connectivity index (χ4n) is 4.79. The summed E-state index contributed by atoms with van der Waals surface area (Å²) in [6, 6.07) is 11.8. The molecular formula is C24H23ClFN3O2S. The molecule has 1 saturated heterocycles. The molecule has 3 aromatic rings. The highest BCUT2D eigenvalue weighted by molar-refractivity contribution is 7.18. The van der Waals surface area contributed by atoms with Crippen molar-refractivity contribution in [1.29, 1.82) is 0 Å². The second kappa shape index (κ2) is 8.79. The summed E-state index contributed by atoms with van der Waals surface area (Å²) in [5.74, 6) is -0.993. The maximum Gasteiger partial charge on any atom is 0.249 e. The van der Waals surface area contributed by atoms with Crippen LogP contribution in [0.15, 0.2) is 42.5 Å². The fraction of sp³-hybridized carbons (Fsp3) is 0.375. The van der Waals surface area contributed by atoms with Crippen LogP contribution < -0.4 is 10.2 Å². The zero-order chi connectivity index (χ0) is 22.2. The highest BCUT2D eigenvalue weighted by atomic mass is 35.5. The molecule has 1 saturated carbocycles. The first-order valence-corrected chi connectivity index (χ1v) is 12.1. The number of anilines is 1. The lowest BCUT2D eigenvalue weighted by Crippen LogP contribution is -2.45. The van der Waals surface area contributed by atoms with Crippen molar-refractivity contribution < 1.29 is 14.0 Å². The van der Waals surface area contributed by atoms with Gasteiger partial charge in [0.15, 0.2) is 0 Å². The minimum atomic E-state index is -0.598. The van der Waals surface area contributed by atoms with Crippen molar-refractivity contribution in [1.82, 2.24) is 10.3 Å². The van der Waals surface area contributed by atoms with E-state index in [1.807, 2.05) is 18.2 Å². The summed E-state index contributed by atoms with van der Waals surface area (Å²) in [6.07, 6.45) is 4.27. The molecule has 3 unspecified atom stereocenters. The molecule has 1 aliphatic carbocycles. The number of fused-ring (bicyclic) bond motifs is 1. The van der Waals surface area contributed by atoms with E-state index in [-0.39, 0.29) is 28.7 Å². The summed E-state index contributed by atoms with van der Waals surface area (Å²) in [6.45, 7) is 0.427. The Morgan fingerprint density at radius 2 is 1.97 bits per heavy atom. The number of nitrogens with zero attached hydrogens (tertiary/aromatic N) is 2. The predicted molar refractivity (Wildman–Crippen MR) is 125 cm³/mol. The van der Waals surface area contributed by atoms with Gasteiger partial charge in [0.25, 0.3) is 0 Å². The van der Waals surface area contributed by atoms with Crippen molar-refractivity contribution in [3.63, 3.8) is 0 Å². The molecule has 8 heteroatoms. The van der Waals surface area contributed by atoms with Gasteiger partial charge < -0.3 is 10.2 Å². The number of hydrogen-bond acceptors (Lipinski definition) is 4. The fourth-order valence-corrected chi connectivity index (χ4v) is 6.08. The van der Waals surface area contributed by atoms with Crippen LogP contribution in [0.5, 0.6) is 0 Å². The summed E-state index contributed by atoms with van der Waals surface area (Å²) in [4.78, 5) is 32.5. The Hall–Kier alpha value is -2.51. The van der Waals surface area contributed by atoms with Gasteiger partial charge in [-0.25, -0.2) is 9.37 Å². The van der Waals surface area contributed by atoms with Crippen LogP contribution in [-0.2, 0) is 9.59 Å². The van der Waals surface area contributed by atoms with Crippen molar-refractivity contribution in [2.24, 2.45) is 5.92 Å². The molecule has 5 nitrogen and oxygen atoms in total. The molecule has 2 fully saturated rings. The Bertz CT molecular complexity index is 1150. The third-order valence-electron chi connectivity index (χ3n) is 6.47. The summed E-state index contributed by atoms with van der Waals surface area (Å²) >= 11 is 7.41. The number of rotatable bonds is 4. The number of para-hydroxylation sites is 1. The minimum Gasteiger partial charge on any atom is -0.344 e. The van der Waals surface area contributed by atoms with E-state index < -0.39 is 11.9 Å². The van der Waals surface area contributed by atoms with Gasteiger partial charge in [0.2, 0.25) is 11.8 Å². The number of benzene rings is 2. The zero-order valence-electron chi connectivity index (χ0n) is 17.4. The molecule has 2 amide bonds. The Kier molecular flexibility index (Phi) is 5.86. The summed E-state index contributed by atoms with van der Waals surface area (Å²) in [5.41, 5.74) is 1.42. The Morgan fingerprint density at radius 3 is 2.78 bits per heavy atom. The topological polar surface area (TPSA) is 62.3 Å². The quantitative estimate of drug-likeness (QED) is 0.562. The van der Waals surface area contributed by atoms with Crippen LogP contribution in [0.1, 0.15) is 43.0 Å². The molecule has 1 aliphatic heterocycles. The zero-order valence-corrected chi connectivity index (χ0v) is 19.0. The standard InChI is InChI=1S/C24H23ClFN3O2S/c25-17-10-9-14(13-18(17)26)29-12-11-20(24(29)31)27-22(30)15-5-1-2-6-16(15)23-28-19-7-3-4-8-21(19)32-23/h3-4,7-10,13,15-16,20H,1-2,5-6,11-12H2,(H,27,30). The molecule has 3 atom stereocenters. The second-order valence-electron chi connectivity index (χ2n) is 8.46. The van der Waals surface area contributed by atoms with Crippen molar-refractivity contribution in [2.45, 2.75) is 44.1 Å². The summed E-state index contributed by atoms with van der Waals surface area (Å²) < 4.78 is 15.0. The second-order valence-corrected chi connectivity index (χ2v) is 9.92. The van der Waals surface area contributed by atoms with E-state index in [9.17, 15) is 14.0 Å². The average Bonchev–Trinajstić information content (AvgIpc) is 3.39. The van der Waals surface area contributed by atoms with Crippen LogP contribution in [-0.4, -0.2) is 29.4 Å². The van der Waals surface area contributed by atoms with Gasteiger partial charge >= 0.3 is 0 Å². The van der Waals surface area contributed by atoms with Crippen LogP contribution in [0.3, 0.4) is 0 Å². The molecule has 166 valence electrons. The first-order valence-electron chi connectivity index (χ1n) is 10.9. The van der Waals surface area contributed by atoms with Gasteiger partial charge in [0.05, 0.1) is 20.2 Å². The van der Waals surface area contributed by atoms with E-state index in [2.05, 4.69) is 11.4 Å². The van der Waals surface area contributed by atoms with Gasteiger partial charge in [0, 0.05) is 24.1 Å². The molecular weight excluding hydrogens is 449 g/mol. The monoisotopic (exact) mass is 471 g/mol. The molecule has 32 heavy (non-hydrogen) atoms. The number of amides is 2. The van der Waals surface area contributed by atoms with Crippen LogP contribution >= 0.6 is 22.9 Å². The first-order chi connectivity index (χ1) is 15.5. The minimum absolute atomic E-state index is 0.0171. The number of nitrogens with one attached hydrogen (secondary N) is 1. The van der Waals surface area contributed by atoms with Crippen LogP contribution in [0.2, 0.25) is 5.02 Å². The van der Waals surface area contributed by atoms with E-state index in [0.717, 1.165) is 40.9 Å². The molecule has 2 heterocycles. The molecule has 5 rings (SSSR count). The number of thiazole rings is 1. The predicted octanol–water partition coefficient (Wildman–Crippen LogP) is 5.28. The van der Waals surface area contributed by atoms with E-state index >= 15 is 0 Å². The molecule has 2 aliphatic rings. The van der Waals surface area contributed by atoms with Crippen LogP contribution in [0.25, 0.3) is 10.2 Å². The Balaban J connectivity index is 1.31. The van der Waals surface area contributed by atoms with E-state index in [1.165, 1.54) is 17.0 Å². The number of carbonyl (C=O) groups excluding carboxylic acids is 2. The molecule has 0 spiro atoms. The van der Waals surface area contributed by atoms with Crippen molar-refractivity contribution in [3.8, 4) is 0 Å². The smallest absolute Gasteiger partial charge is 0.249 e. The van der Waals surface area contributed by atoms with E-state index in [1.54, 1.807) is 17.4 Å². The number of aromatic nitrogens is 1. The molecule has 0 radical (unpaired) electrons. The summed E-state index contributed by atoms with van der Waals surface area (Å²) in [7, 11) is 0. The lowest BCUT2D eigenvalue weighted by molar-refractivity contribution is -0.130. The van der Waals surface area contributed by atoms with Gasteiger partial charge in [-0.1, -0.05) is 36.6 Å². The first kappa shape index (κ1) is 21.3. The van der Waals surface area contributed by atoms with Gasteiger partial charge in [-0.3, -0.25) is 9.59 Å². The molecule has 1 N–H and O–H groups in total. The maximum atomic E-state index is 13.8. The molecule has 1 aromatic heterocycles. The normalized spacial score (nSPS) is 23.6. The lowest BCUT2D eigenvalue weighted by atomic mass is 9.79. The van der Waals surface area contributed by atoms with Gasteiger partial charge in [0.1, 0.15) is 11.9 Å². The lowest BCUT2D eigenvalue weighted by Gasteiger charge is -2.30. The highest BCUT2D eigenvalue weighted by Crippen LogP contribution is 2.41. The average molecular weight is 472 g/mol.